The minimum Gasteiger partial charge on any atom is -0.336 e. The predicted octanol–water partition coefficient (Wildman–Crippen LogP) is 3.65. The van der Waals surface area contributed by atoms with Gasteiger partial charge < -0.3 is 5.84 Å². The maximum absolute atomic E-state index is 6.19. The molecule has 28 heavy (non-hydrogen) atoms. The molecule has 0 spiro atoms. The van der Waals surface area contributed by atoms with Crippen LogP contribution in [0.4, 0.5) is 0 Å². The average molecular weight is 410 g/mol. The van der Waals surface area contributed by atoms with Crippen LogP contribution in [0.25, 0.3) is 21.6 Å². The van der Waals surface area contributed by atoms with E-state index < -0.39 is 0 Å². The summed E-state index contributed by atoms with van der Waals surface area (Å²) in [5.41, 5.74) is 2.30. The first kappa shape index (κ1) is 17.6. The van der Waals surface area contributed by atoms with Crippen LogP contribution in [0.2, 0.25) is 0 Å². The van der Waals surface area contributed by atoms with Crippen LogP contribution < -0.4 is 5.84 Å². The van der Waals surface area contributed by atoms with Crippen LogP contribution in [-0.4, -0.2) is 29.8 Å². The van der Waals surface area contributed by atoms with E-state index >= 15 is 0 Å². The molecule has 0 aromatic carbocycles. The van der Waals surface area contributed by atoms with Crippen LogP contribution in [0.15, 0.2) is 34.7 Å². The molecule has 4 aromatic heterocycles. The van der Waals surface area contributed by atoms with Crippen LogP contribution in [-0.2, 0) is 19.3 Å². The third kappa shape index (κ3) is 2.94. The van der Waals surface area contributed by atoms with Crippen molar-refractivity contribution >= 4 is 33.3 Å². The highest BCUT2D eigenvalue weighted by molar-refractivity contribution is 7.99. The quantitative estimate of drug-likeness (QED) is 0.406. The van der Waals surface area contributed by atoms with Gasteiger partial charge in [0.25, 0.3) is 0 Å². The van der Waals surface area contributed by atoms with E-state index in [1.165, 1.54) is 35.0 Å². The Morgan fingerprint density at radius 1 is 1.21 bits per heavy atom. The Kier molecular flexibility index (Phi) is 4.48. The van der Waals surface area contributed by atoms with Crippen LogP contribution in [0.1, 0.15) is 36.0 Å². The monoisotopic (exact) mass is 409 g/mol. The second-order valence-corrected chi connectivity index (χ2v) is 8.75. The molecule has 0 bridgehead atoms. The SMILES string of the molecule is CCc1nnc(Sc2nc(-c3cccnc3)nc3sc4c(c23)CCCC4)n1N. The predicted molar refractivity (Wildman–Crippen MR) is 111 cm³/mol. The standard InChI is InChI=1S/C19H19N7S2/c1-2-14-24-25-19(26(14)20)28-18-15-12-7-3-4-8-13(12)27-17(15)22-16(23-18)11-6-5-9-21-10-11/h5-6,9-10H,2-4,7-8,20H2,1H3. The van der Waals surface area contributed by atoms with E-state index in [0.29, 0.717) is 11.0 Å². The summed E-state index contributed by atoms with van der Waals surface area (Å²) in [6.07, 6.45) is 8.93. The first-order valence-corrected chi connectivity index (χ1v) is 11.0. The van der Waals surface area contributed by atoms with E-state index in [9.17, 15) is 0 Å². The number of aromatic nitrogens is 6. The molecule has 0 amide bonds. The smallest absolute Gasteiger partial charge is 0.216 e. The van der Waals surface area contributed by atoms with Crippen molar-refractivity contribution in [1.29, 1.82) is 0 Å². The normalized spacial score (nSPS) is 13.8. The molecule has 5 rings (SSSR count). The van der Waals surface area contributed by atoms with Crippen molar-refractivity contribution in [2.45, 2.75) is 49.2 Å². The van der Waals surface area contributed by atoms with Gasteiger partial charge >= 0.3 is 0 Å². The Labute approximate surface area is 170 Å². The van der Waals surface area contributed by atoms with Crippen molar-refractivity contribution in [2.75, 3.05) is 5.84 Å². The zero-order valence-electron chi connectivity index (χ0n) is 15.4. The van der Waals surface area contributed by atoms with Crippen molar-refractivity contribution in [1.82, 2.24) is 29.8 Å². The molecule has 0 atom stereocenters. The van der Waals surface area contributed by atoms with Gasteiger partial charge in [-0.15, -0.1) is 21.5 Å². The number of hydrogen-bond donors (Lipinski definition) is 1. The molecule has 1 aliphatic carbocycles. The molecule has 4 aromatic rings. The highest BCUT2D eigenvalue weighted by Crippen LogP contribution is 2.41. The second kappa shape index (κ2) is 7.14. The van der Waals surface area contributed by atoms with Gasteiger partial charge in [0.1, 0.15) is 9.86 Å². The summed E-state index contributed by atoms with van der Waals surface area (Å²) < 4.78 is 1.56. The highest BCUT2D eigenvalue weighted by atomic mass is 32.2. The number of nitrogens with zero attached hydrogens (tertiary/aromatic N) is 6. The van der Waals surface area contributed by atoms with E-state index in [4.69, 9.17) is 15.8 Å². The number of thiophene rings is 1. The highest BCUT2D eigenvalue weighted by Gasteiger charge is 2.23. The first-order valence-electron chi connectivity index (χ1n) is 9.34. The minimum absolute atomic E-state index is 0.643. The average Bonchev–Trinajstić information content (AvgIpc) is 3.28. The molecule has 9 heteroatoms. The fraction of sp³-hybridized carbons (Fsp3) is 0.316. The van der Waals surface area contributed by atoms with E-state index in [-0.39, 0.29) is 0 Å². The van der Waals surface area contributed by atoms with Gasteiger partial charge in [-0.3, -0.25) is 4.98 Å². The Morgan fingerprint density at radius 3 is 2.89 bits per heavy atom. The fourth-order valence-corrected chi connectivity index (χ4v) is 5.76. The van der Waals surface area contributed by atoms with Crippen molar-refractivity contribution in [2.24, 2.45) is 0 Å². The molecule has 0 fully saturated rings. The van der Waals surface area contributed by atoms with Crippen molar-refractivity contribution in [3.05, 3.63) is 40.8 Å². The molecule has 0 saturated heterocycles. The number of fused-ring (bicyclic) bond motifs is 3. The van der Waals surface area contributed by atoms with Gasteiger partial charge in [-0.05, 0) is 55.1 Å². The van der Waals surface area contributed by atoms with E-state index in [1.807, 2.05) is 19.1 Å². The molecule has 4 heterocycles. The van der Waals surface area contributed by atoms with Crippen LogP contribution >= 0.6 is 23.1 Å². The second-order valence-electron chi connectivity index (χ2n) is 6.71. The fourth-order valence-electron chi connectivity index (χ4n) is 3.53. The van der Waals surface area contributed by atoms with Crippen LogP contribution in [0, 0.1) is 0 Å². The lowest BCUT2D eigenvalue weighted by Gasteiger charge is -2.12. The first-order chi connectivity index (χ1) is 13.7. The number of pyridine rings is 1. The number of nitrogen functional groups attached to an aromatic ring is 1. The van der Waals surface area contributed by atoms with E-state index in [1.54, 1.807) is 28.4 Å². The van der Waals surface area contributed by atoms with Crippen molar-refractivity contribution < 1.29 is 0 Å². The van der Waals surface area contributed by atoms with Crippen molar-refractivity contribution in [3.63, 3.8) is 0 Å². The zero-order chi connectivity index (χ0) is 19.1. The van der Waals surface area contributed by atoms with E-state index in [2.05, 4.69) is 15.2 Å². The third-order valence-corrected chi connectivity index (χ3v) is 7.08. The maximum atomic E-state index is 6.19. The molecule has 2 N–H and O–H groups in total. The Bertz CT molecular complexity index is 1150. The maximum Gasteiger partial charge on any atom is 0.216 e. The molecule has 142 valence electrons. The van der Waals surface area contributed by atoms with Gasteiger partial charge in [-0.1, -0.05) is 6.92 Å². The van der Waals surface area contributed by atoms with Crippen LogP contribution in [0.3, 0.4) is 0 Å². The summed E-state index contributed by atoms with van der Waals surface area (Å²) in [6, 6.07) is 3.88. The van der Waals surface area contributed by atoms with Gasteiger partial charge in [-0.25, -0.2) is 14.6 Å². The zero-order valence-corrected chi connectivity index (χ0v) is 17.1. The molecular formula is C19H19N7S2. The summed E-state index contributed by atoms with van der Waals surface area (Å²) in [5.74, 6) is 7.63. The van der Waals surface area contributed by atoms with Crippen LogP contribution in [0.5, 0.6) is 0 Å². The van der Waals surface area contributed by atoms with Gasteiger partial charge in [0, 0.05) is 34.6 Å². The molecule has 0 saturated carbocycles. The van der Waals surface area contributed by atoms with Crippen molar-refractivity contribution in [3.8, 4) is 11.4 Å². The molecular weight excluding hydrogens is 390 g/mol. The number of rotatable bonds is 4. The van der Waals surface area contributed by atoms with Gasteiger partial charge in [-0.2, -0.15) is 0 Å². The molecule has 0 aliphatic heterocycles. The van der Waals surface area contributed by atoms with E-state index in [0.717, 1.165) is 45.9 Å². The Balaban J connectivity index is 1.70. The molecule has 1 aliphatic rings. The lowest BCUT2D eigenvalue weighted by atomic mass is 9.97. The lowest BCUT2D eigenvalue weighted by Crippen LogP contribution is -2.13. The Morgan fingerprint density at radius 2 is 2.11 bits per heavy atom. The number of nitrogens with two attached hydrogens (primary N) is 1. The lowest BCUT2D eigenvalue weighted by molar-refractivity contribution is 0.699. The Hall–Kier alpha value is -2.52. The largest absolute Gasteiger partial charge is 0.336 e. The minimum atomic E-state index is 0.643. The number of hydrogen-bond acceptors (Lipinski definition) is 8. The van der Waals surface area contributed by atoms with Gasteiger partial charge in [0.15, 0.2) is 11.6 Å². The summed E-state index contributed by atoms with van der Waals surface area (Å²) in [6.45, 7) is 2.01. The number of aryl methyl sites for hydroxylation is 3. The molecule has 0 radical (unpaired) electrons. The topological polar surface area (TPSA) is 95.4 Å². The summed E-state index contributed by atoms with van der Waals surface area (Å²) in [5, 5.41) is 11.1. The molecule has 7 nitrogen and oxygen atoms in total. The summed E-state index contributed by atoms with van der Waals surface area (Å²) in [7, 11) is 0. The third-order valence-electron chi connectivity index (χ3n) is 4.94. The van der Waals surface area contributed by atoms with Gasteiger partial charge in [0.2, 0.25) is 5.16 Å². The summed E-state index contributed by atoms with van der Waals surface area (Å²) in [4.78, 5) is 16.5. The summed E-state index contributed by atoms with van der Waals surface area (Å²) >= 11 is 3.25. The van der Waals surface area contributed by atoms with Gasteiger partial charge in [0.05, 0.1) is 0 Å². The molecule has 0 unspecified atom stereocenters.